The molecular formula is C11H16ClNS. The molecule has 14 heavy (non-hydrogen) atoms. The zero-order valence-electron chi connectivity index (χ0n) is 8.69. The number of rotatable bonds is 1. The summed E-state index contributed by atoms with van der Waals surface area (Å²) in [5.41, 5.74) is 8.79. The highest BCUT2D eigenvalue weighted by molar-refractivity contribution is 7.16. The Hall–Kier alpha value is -0.0500. The largest absolute Gasteiger partial charge is 0.326 e. The highest BCUT2D eigenvalue weighted by atomic mass is 35.5. The van der Waals surface area contributed by atoms with Crippen molar-refractivity contribution in [1.29, 1.82) is 0 Å². The van der Waals surface area contributed by atoms with Crippen LogP contribution in [0.15, 0.2) is 0 Å². The Kier molecular flexibility index (Phi) is 2.63. The fourth-order valence-electron chi connectivity index (χ4n) is 2.14. The maximum absolute atomic E-state index is 6.17. The van der Waals surface area contributed by atoms with Crippen LogP contribution in [0.25, 0.3) is 0 Å². The van der Waals surface area contributed by atoms with Gasteiger partial charge in [-0.1, -0.05) is 25.4 Å². The van der Waals surface area contributed by atoms with Gasteiger partial charge in [-0.25, -0.2) is 0 Å². The van der Waals surface area contributed by atoms with Gasteiger partial charge in [0.1, 0.15) is 0 Å². The van der Waals surface area contributed by atoms with Crippen molar-refractivity contribution in [1.82, 2.24) is 0 Å². The first kappa shape index (κ1) is 10.5. The van der Waals surface area contributed by atoms with Crippen LogP contribution in [0.4, 0.5) is 0 Å². The van der Waals surface area contributed by atoms with Gasteiger partial charge in [-0.3, -0.25) is 0 Å². The van der Waals surface area contributed by atoms with Gasteiger partial charge in [-0.2, -0.15) is 0 Å². The minimum atomic E-state index is 0.438. The van der Waals surface area contributed by atoms with Gasteiger partial charge in [0.15, 0.2) is 0 Å². The van der Waals surface area contributed by atoms with Crippen molar-refractivity contribution in [2.75, 3.05) is 0 Å². The van der Waals surface area contributed by atoms with Crippen molar-refractivity contribution in [2.45, 2.75) is 39.7 Å². The van der Waals surface area contributed by atoms with Crippen LogP contribution in [0, 0.1) is 5.41 Å². The molecule has 0 spiro atoms. The molecule has 1 aliphatic rings. The van der Waals surface area contributed by atoms with Crippen LogP contribution in [0.1, 0.15) is 36.3 Å². The monoisotopic (exact) mass is 229 g/mol. The van der Waals surface area contributed by atoms with Crippen molar-refractivity contribution in [2.24, 2.45) is 11.1 Å². The molecule has 0 aromatic carbocycles. The normalized spacial score (nSPS) is 19.4. The molecule has 0 amide bonds. The summed E-state index contributed by atoms with van der Waals surface area (Å²) >= 11 is 7.90. The Bertz CT molecular complexity index is 354. The van der Waals surface area contributed by atoms with Crippen molar-refractivity contribution < 1.29 is 0 Å². The number of fused-ring (bicyclic) bond motifs is 1. The molecule has 3 heteroatoms. The number of nitrogens with two attached hydrogens (primary N) is 1. The van der Waals surface area contributed by atoms with E-state index in [2.05, 4.69) is 13.8 Å². The molecule has 1 aromatic rings. The molecule has 2 N–H and O–H groups in total. The standard InChI is InChI=1S/C11H16ClNS/c1-11(2)4-3-7-8(6-13)10(12)14-9(7)5-11/h3-6,13H2,1-2H3. The number of thiophene rings is 1. The van der Waals surface area contributed by atoms with Crippen LogP contribution in [0.3, 0.4) is 0 Å². The van der Waals surface area contributed by atoms with Gasteiger partial charge in [0.05, 0.1) is 4.34 Å². The fourth-order valence-corrected chi connectivity index (χ4v) is 3.97. The van der Waals surface area contributed by atoms with Crippen molar-refractivity contribution >= 4 is 22.9 Å². The van der Waals surface area contributed by atoms with Gasteiger partial charge in [-0.15, -0.1) is 11.3 Å². The second kappa shape index (κ2) is 3.51. The van der Waals surface area contributed by atoms with E-state index in [1.54, 1.807) is 11.3 Å². The Morgan fingerprint density at radius 3 is 2.86 bits per heavy atom. The van der Waals surface area contributed by atoms with Crippen molar-refractivity contribution in [3.05, 3.63) is 20.3 Å². The summed E-state index contributed by atoms with van der Waals surface area (Å²) in [5.74, 6) is 0. The molecular weight excluding hydrogens is 214 g/mol. The lowest BCUT2D eigenvalue weighted by Crippen LogP contribution is -2.21. The number of hydrogen-bond acceptors (Lipinski definition) is 2. The first-order valence-corrected chi connectivity index (χ1v) is 6.22. The van der Waals surface area contributed by atoms with Gasteiger partial charge in [0.25, 0.3) is 0 Å². The van der Waals surface area contributed by atoms with Crippen LogP contribution in [0.5, 0.6) is 0 Å². The average molecular weight is 230 g/mol. The minimum absolute atomic E-state index is 0.438. The van der Waals surface area contributed by atoms with E-state index in [0.29, 0.717) is 12.0 Å². The molecule has 78 valence electrons. The molecule has 0 saturated heterocycles. The maximum Gasteiger partial charge on any atom is 0.0978 e. The first-order chi connectivity index (χ1) is 6.53. The fraction of sp³-hybridized carbons (Fsp3) is 0.636. The van der Waals surface area contributed by atoms with Gasteiger partial charge < -0.3 is 5.73 Å². The Morgan fingerprint density at radius 1 is 1.50 bits per heavy atom. The lowest BCUT2D eigenvalue weighted by Gasteiger charge is -2.29. The average Bonchev–Trinajstić information content (AvgIpc) is 2.37. The van der Waals surface area contributed by atoms with Crippen LogP contribution < -0.4 is 5.73 Å². The van der Waals surface area contributed by atoms with E-state index in [9.17, 15) is 0 Å². The van der Waals surface area contributed by atoms with Gasteiger partial charge in [0, 0.05) is 11.4 Å². The summed E-state index contributed by atoms with van der Waals surface area (Å²) in [6.07, 6.45) is 3.56. The zero-order valence-corrected chi connectivity index (χ0v) is 10.3. The second-order valence-electron chi connectivity index (χ2n) is 4.80. The van der Waals surface area contributed by atoms with Crippen LogP contribution in [-0.4, -0.2) is 0 Å². The van der Waals surface area contributed by atoms with Crippen molar-refractivity contribution in [3.8, 4) is 0 Å². The third-order valence-corrected chi connectivity index (χ3v) is 4.57. The second-order valence-corrected chi connectivity index (χ2v) is 6.51. The predicted octanol–water partition coefficient (Wildman–Crippen LogP) is 3.38. The molecule has 1 heterocycles. The van der Waals surface area contributed by atoms with E-state index in [1.807, 2.05) is 0 Å². The first-order valence-electron chi connectivity index (χ1n) is 5.02. The van der Waals surface area contributed by atoms with Gasteiger partial charge >= 0.3 is 0 Å². The zero-order chi connectivity index (χ0) is 10.3. The van der Waals surface area contributed by atoms with E-state index >= 15 is 0 Å². The Labute approximate surface area is 94.3 Å². The molecule has 0 fully saturated rings. The molecule has 0 atom stereocenters. The summed E-state index contributed by atoms with van der Waals surface area (Å²) in [5, 5.41) is 0. The van der Waals surface area contributed by atoms with Crippen LogP contribution in [0.2, 0.25) is 4.34 Å². The topological polar surface area (TPSA) is 26.0 Å². The summed E-state index contributed by atoms with van der Waals surface area (Å²) < 4.78 is 0.912. The van der Waals surface area contributed by atoms with E-state index in [4.69, 9.17) is 17.3 Å². The van der Waals surface area contributed by atoms with Gasteiger partial charge in [0.2, 0.25) is 0 Å². The number of halogens is 1. The van der Waals surface area contributed by atoms with Crippen LogP contribution >= 0.6 is 22.9 Å². The summed E-state index contributed by atoms with van der Waals surface area (Å²) in [6.45, 7) is 5.24. The summed E-state index contributed by atoms with van der Waals surface area (Å²) in [7, 11) is 0. The molecule has 1 aromatic heterocycles. The van der Waals surface area contributed by atoms with Crippen LogP contribution in [-0.2, 0) is 19.4 Å². The molecule has 0 saturated carbocycles. The van der Waals surface area contributed by atoms with E-state index in [1.165, 1.54) is 22.4 Å². The van der Waals surface area contributed by atoms with E-state index < -0.39 is 0 Å². The molecule has 1 aliphatic carbocycles. The summed E-state index contributed by atoms with van der Waals surface area (Å²) in [6, 6.07) is 0. The Balaban J connectivity index is 2.41. The van der Waals surface area contributed by atoms with E-state index in [-0.39, 0.29) is 0 Å². The lowest BCUT2D eigenvalue weighted by molar-refractivity contribution is 0.318. The molecule has 0 unspecified atom stereocenters. The highest BCUT2D eigenvalue weighted by Crippen LogP contribution is 2.43. The molecule has 1 nitrogen and oxygen atoms in total. The Morgan fingerprint density at radius 2 is 2.21 bits per heavy atom. The van der Waals surface area contributed by atoms with Crippen molar-refractivity contribution in [3.63, 3.8) is 0 Å². The maximum atomic E-state index is 6.17. The molecule has 0 aliphatic heterocycles. The molecule has 0 radical (unpaired) electrons. The lowest BCUT2D eigenvalue weighted by atomic mass is 9.77. The third-order valence-electron chi connectivity index (χ3n) is 3.05. The van der Waals surface area contributed by atoms with E-state index in [0.717, 1.165) is 17.2 Å². The summed E-state index contributed by atoms with van der Waals surface area (Å²) in [4.78, 5) is 1.46. The molecule has 2 rings (SSSR count). The number of hydrogen-bond donors (Lipinski definition) is 1. The smallest absolute Gasteiger partial charge is 0.0978 e. The third kappa shape index (κ3) is 1.71. The highest BCUT2D eigenvalue weighted by Gasteiger charge is 2.29. The minimum Gasteiger partial charge on any atom is -0.326 e. The quantitative estimate of drug-likeness (QED) is 0.785. The van der Waals surface area contributed by atoms with Gasteiger partial charge in [-0.05, 0) is 35.8 Å². The predicted molar refractivity (Wildman–Crippen MR) is 63.0 cm³/mol. The molecule has 0 bridgehead atoms. The SMILES string of the molecule is CC1(C)CCc2c(sc(Cl)c2CN)C1.